The summed E-state index contributed by atoms with van der Waals surface area (Å²) in [5.74, 6) is 0. The van der Waals surface area contributed by atoms with Crippen LogP contribution in [0.1, 0.15) is 10.6 Å². The largest absolute Gasteiger partial charge is 0.363 e. The first-order valence-corrected chi connectivity index (χ1v) is 7.21. The molecule has 2 aromatic rings. The average molecular weight is 327 g/mol. The van der Waals surface area contributed by atoms with Gasteiger partial charge in [0.1, 0.15) is 5.01 Å². The van der Waals surface area contributed by atoms with E-state index in [9.17, 15) is 0 Å². The van der Waals surface area contributed by atoms with E-state index in [0.717, 1.165) is 27.7 Å². The minimum atomic E-state index is 0.811. The molecule has 0 saturated heterocycles. The zero-order chi connectivity index (χ0) is 13.0. The number of hydrogen-bond donors (Lipinski definition) is 1. The Morgan fingerprint density at radius 2 is 2.17 bits per heavy atom. The highest BCUT2D eigenvalue weighted by molar-refractivity contribution is 9.10. The van der Waals surface area contributed by atoms with Crippen LogP contribution in [0.3, 0.4) is 0 Å². The molecule has 0 atom stereocenters. The predicted molar refractivity (Wildman–Crippen MR) is 78.8 cm³/mol. The van der Waals surface area contributed by atoms with Crippen molar-refractivity contribution in [1.29, 1.82) is 0 Å². The molecular weight excluding hydrogens is 312 g/mol. The lowest BCUT2D eigenvalue weighted by Crippen LogP contribution is -2.17. The average Bonchev–Trinajstić information content (AvgIpc) is 2.76. The van der Waals surface area contributed by atoms with E-state index < -0.39 is 0 Å². The molecule has 0 saturated carbocycles. The Kier molecular flexibility index (Phi) is 4.68. The van der Waals surface area contributed by atoms with Crippen LogP contribution in [-0.4, -0.2) is 29.2 Å². The van der Waals surface area contributed by atoms with Gasteiger partial charge in [0.2, 0.25) is 5.13 Å². The summed E-state index contributed by atoms with van der Waals surface area (Å²) >= 11 is 5.08. The van der Waals surface area contributed by atoms with Crippen molar-refractivity contribution in [2.75, 3.05) is 19.4 Å². The van der Waals surface area contributed by atoms with Crippen LogP contribution in [0.2, 0.25) is 0 Å². The molecule has 0 bridgehead atoms. The molecule has 1 aromatic carbocycles. The van der Waals surface area contributed by atoms with Crippen LogP contribution in [0.15, 0.2) is 28.7 Å². The molecule has 1 heterocycles. The number of anilines is 1. The molecule has 96 valence electrons. The number of rotatable bonds is 5. The maximum absolute atomic E-state index is 4.14. The van der Waals surface area contributed by atoms with Crippen molar-refractivity contribution in [3.8, 4) is 0 Å². The molecule has 2 rings (SSSR count). The van der Waals surface area contributed by atoms with Gasteiger partial charge in [0.05, 0.1) is 6.54 Å². The minimum absolute atomic E-state index is 0.811. The number of nitrogens with zero attached hydrogens (tertiary/aromatic N) is 3. The smallest absolute Gasteiger partial charge is 0.205 e. The zero-order valence-electron chi connectivity index (χ0n) is 10.4. The second-order valence-electron chi connectivity index (χ2n) is 4.05. The van der Waals surface area contributed by atoms with Crippen molar-refractivity contribution in [2.45, 2.75) is 13.1 Å². The molecule has 0 aliphatic carbocycles. The van der Waals surface area contributed by atoms with E-state index in [2.05, 4.69) is 61.6 Å². The van der Waals surface area contributed by atoms with Gasteiger partial charge in [0, 0.05) is 18.1 Å². The van der Waals surface area contributed by atoms with E-state index in [1.807, 2.05) is 13.1 Å². The summed E-state index contributed by atoms with van der Waals surface area (Å²) in [7, 11) is 3.94. The maximum atomic E-state index is 4.14. The maximum Gasteiger partial charge on any atom is 0.205 e. The summed E-state index contributed by atoms with van der Waals surface area (Å²) in [6.45, 7) is 1.71. The van der Waals surface area contributed by atoms with Crippen LogP contribution in [0.25, 0.3) is 0 Å². The van der Waals surface area contributed by atoms with E-state index in [1.54, 1.807) is 11.3 Å². The van der Waals surface area contributed by atoms with Gasteiger partial charge in [-0.15, -0.1) is 10.2 Å². The van der Waals surface area contributed by atoms with Crippen molar-refractivity contribution in [2.24, 2.45) is 0 Å². The molecule has 4 nitrogen and oxygen atoms in total. The SMILES string of the molecule is CNc1nnc(CN(C)Cc2cccc(Br)c2)s1. The van der Waals surface area contributed by atoms with Crippen LogP contribution in [0, 0.1) is 0 Å². The summed E-state index contributed by atoms with van der Waals surface area (Å²) in [4.78, 5) is 2.22. The highest BCUT2D eigenvalue weighted by atomic mass is 79.9. The topological polar surface area (TPSA) is 41.1 Å². The standard InChI is InChI=1S/C12H15BrN4S/c1-14-12-16-15-11(18-12)8-17(2)7-9-4-3-5-10(13)6-9/h3-6H,7-8H2,1-2H3,(H,14,16). The molecule has 1 N–H and O–H groups in total. The molecule has 0 spiro atoms. The Hall–Kier alpha value is -0.980. The lowest BCUT2D eigenvalue weighted by molar-refractivity contribution is 0.317. The van der Waals surface area contributed by atoms with Crippen molar-refractivity contribution < 1.29 is 0 Å². The molecule has 18 heavy (non-hydrogen) atoms. The third-order valence-electron chi connectivity index (χ3n) is 2.43. The van der Waals surface area contributed by atoms with Crippen molar-refractivity contribution in [1.82, 2.24) is 15.1 Å². The lowest BCUT2D eigenvalue weighted by atomic mass is 10.2. The van der Waals surface area contributed by atoms with Crippen molar-refractivity contribution in [3.05, 3.63) is 39.3 Å². The third-order valence-corrected chi connectivity index (χ3v) is 3.85. The molecule has 0 aliphatic rings. The highest BCUT2D eigenvalue weighted by Gasteiger charge is 2.07. The molecular formula is C12H15BrN4S. The summed E-state index contributed by atoms with van der Waals surface area (Å²) in [5.41, 5.74) is 1.28. The molecule has 6 heteroatoms. The van der Waals surface area contributed by atoms with Crippen LogP contribution in [0.4, 0.5) is 5.13 Å². The van der Waals surface area contributed by atoms with E-state index in [-0.39, 0.29) is 0 Å². The van der Waals surface area contributed by atoms with E-state index in [1.165, 1.54) is 5.56 Å². The first-order chi connectivity index (χ1) is 8.67. The van der Waals surface area contributed by atoms with Gasteiger partial charge in [-0.1, -0.05) is 39.4 Å². The predicted octanol–water partition coefficient (Wildman–Crippen LogP) is 2.97. The first kappa shape index (κ1) is 13.5. The van der Waals surface area contributed by atoms with Crippen molar-refractivity contribution in [3.63, 3.8) is 0 Å². The summed E-state index contributed by atoms with van der Waals surface area (Å²) in [6, 6.07) is 8.35. The summed E-state index contributed by atoms with van der Waals surface area (Å²) in [6.07, 6.45) is 0. The highest BCUT2D eigenvalue weighted by Crippen LogP contribution is 2.17. The molecule has 0 aliphatic heterocycles. The fraction of sp³-hybridized carbons (Fsp3) is 0.333. The van der Waals surface area contributed by atoms with Crippen LogP contribution >= 0.6 is 27.3 Å². The van der Waals surface area contributed by atoms with Gasteiger partial charge in [0.15, 0.2) is 0 Å². The Balaban J connectivity index is 1.94. The monoisotopic (exact) mass is 326 g/mol. The summed E-state index contributed by atoms with van der Waals surface area (Å²) < 4.78 is 1.11. The van der Waals surface area contributed by atoms with Crippen LogP contribution < -0.4 is 5.32 Å². The number of benzene rings is 1. The molecule has 0 fully saturated rings. The van der Waals surface area contributed by atoms with Gasteiger partial charge in [-0.25, -0.2) is 0 Å². The number of nitrogens with one attached hydrogen (secondary N) is 1. The van der Waals surface area contributed by atoms with E-state index >= 15 is 0 Å². The fourth-order valence-corrected chi connectivity index (χ4v) is 2.87. The normalized spacial score (nSPS) is 10.9. The van der Waals surface area contributed by atoms with Gasteiger partial charge in [0.25, 0.3) is 0 Å². The lowest BCUT2D eigenvalue weighted by Gasteiger charge is -2.14. The molecule has 0 unspecified atom stereocenters. The van der Waals surface area contributed by atoms with E-state index in [4.69, 9.17) is 0 Å². The Labute approximate surface area is 119 Å². The number of halogens is 1. The number of hydrogen-bond acceptors (Lipinski definition) is 5. The summed E-state index contributed by atoms with van der Waals surface area (Å²) in [5, 5.41) is 13.1. The molecule has 1 aromatic heterocycles. The van der Waals surface area contributed by atoms with Gasteiger partial charge in [-0.05, 0) is 24.7 Å². The van der Waals surface area contributed by atoms with Crippen LogP contribution in [0.5, 0.6) is 0 Å². The number of aromatic nitrogens is 2. The van der Waals surface area contributed by atoms with Gasteiger partial charge < -0.3 is 5.32 Å². The fourth-order valence-electron chi connectivity index (χ4n) is 1.65. The van der Waals surface area contributed by atoms with Gasteiger partial charge in [-0.3, -0.25) is 4.90 Å². The molecule has 0 amide bonds. The first-order valence-electron chi connectivity index (χ1n) is 5.60. The third kappa shape index (κ3) is 3.76. The Bertz CT molecular complexity index is 514. The second kappa shape index (κ2) is 6.26. The molecule has 0 radical (unpaired) electrons. The minimum Gasteiger partial charge on any atom is -0.363 e. The van der Waals surface area contributed by atoms with Gasteiger partial charge >= 0.3 is 0 Å². The second-order valence-corrected chi connectivity index (χ2v) is 6.03. The Morgan fingerprint density at radius 1 is 1.33 bits per heavy atom. The Morgan fingerprint density at radius 3 is 2.83 bits per heavy atom. The van der Waals surface area contributed by atoms with Crippen LogP contribution in [-0.2, 0) is 13.1 Å². The van der Waals surface area contributed by atoms with E-state index in [0.29, 0.717) is 0 Å². The quantitative estimate of drug-likeness (QED) is 0.917. The van der Waals surface area contributed by atoms with Crippen molar-refractivity contribution >= 4 is 32.4 Å². The van der Waals surface area contributed by atoms with Gasteiger partial charge in [-0.2, -0.15) is 0 Å². The zero-order valence-corrected chi connectivity index (χ0v) is 12.8.